The number of nitrogens with zero attached hydrogens (tertiary/aromatic N) is 3. The first-order valence-electron chi connectivity index (χ1n) is 7.06. The molecule has 1 saturated heterocycles. The molecule has 0 spiro atoms. The highest BCUT2D eigenvalue weighted by Crippen LogP contribution is 2.25. The summed E-state index contributed by atoms with van der Waals surface area (Å²) in [5, 5.41) is 8.75. The fraction of sp³-hybridized carbons (Fsp3) is 0.533. The van der Waals surface area contributed by atoms with Crippen molar-refractivity contribution in [3.63, 3.8) is 0 Å². The molecule has 0 bridgehead atoms. The van der Waals surface area contributed by atoms with E-state index in [-0.39, 0.29) is 11.9 Å². The average molecular weight is 272 g/mol. The Morgan fingerprint density at radius 3 is 2.95 bits per heavy atom. The minimum Gasteiger partial charge on any atom is -0.333 e. The molecule has 2 N–H and O–H groups in total. The first-order valence-corrected chi connectivity index (χ1v) is 7.06. The number of amides is 1. The molecule has 1 aliphatic heterocycles. The van der Waals surface area contributed by atoms with E-state index in [0.717, 1.165) is 25.8 Å². The van der Waals surface area contributed by atoms with E-state index in [2.05, 4.69) is 11.9 Å². The third kappa shape index (κ3) is 2.97. The molecular formula is C15H20N4O. The number of nitrogens with two attached hydrogens (primary N) is 1. The van der Waals surface area contributed by atoms with Gasteiger partial charge in [0.1, 0.15) is 11.8 Å². The number of hydrogen-bond acceptors (Lipinski definition) is 4. The van der Waals surface area contributed by atoms with E-state index in [4.69, 9.17) is 11.0 Å². The van der Waals surface area contributed by atoms with Gasteiger partial charge in [-0.15, -0.1) is 0 Å². The second kappa shape index (κ2) is 6.49. The molecular weight excluding hydrogens is 252 g/mol. The number of hydrogen-bond donors (Lipinski definition) is 1. The highest BCUT2D eigenvalue weighted by molar-refractivity contribution is 5.92. The van der Waals surface area contributed by atoms with Gasteiger partial charge in [-0.1, -0.05) is 13.3 Å². The van der Waals surface area contributed by atoms with Crippen molar-refractivity contribution in [2.75, 3.05) is 13.1 Å². The molecule has 2 heterocycles. The van der Waals surface area contributed by atoms with E-state index in [1.165, 1.54) is 6.20 Å². The van der Waals surface area contributed by atoms with E-state index in [1.54, 1.807) is 12.1 Å². The lowest BCUT2D eigenvalue weighted by atomic mass is 9.88. The second-order valence-electron chi connectivity index (χ2n) is 5.23. The molecule has 1 fully saturated rings. The lowest BCUT2D eigenvalue weighted by Crippen LogP contribution is -2.49. The summed E-state index contributed by atoms with van der Waals surface area (Å²) in [5.41, 5.74) is 6.66. The smallest absolute Gasteiger partial charge is 0.272 e. The molecule has 1 aromatic rings. The second-order valence-corrected chi connectivity index (χ2v) is 5.23. The Kier molecular flexibility index (Phi) is 4.70. The normalized spacial score (nSPS) is 22.4. The predicted molar refractivity (Wildman–Crippen MR) is 75.8 cm³/mol. The van der Waals surface area contributed by atoms with Gasteiger partial charge in [-0.25, -0.2) is 4.98 Å². The van der Waals surface area contributed by atoms with Gasteiger partial charge in [-0.2, -0.15) is 5.26 Å². The van der Waals surface area contributed by atoms with Crippen LogP contribution in [0.25, 0.3) is 0 Å². The van der Waals surface area contributed by atoms with Gasteiger partial charge in [0.15, 0.2) is 0 Å². The van der Waals surface area contributed by atoms with E-state index >= 15 is 0 Å². The average Bonchev–Trinajstić information content (AvgIpc) is 2.53. The summed E-state index contributed by atoms with van der Waals surface area (Å²) in [5.74, 6) is 0.570. The maximum absolute atomic E-state index is 12.5. The molecule has 1 amide bonds. The van der Waals surface area contributed by atoms with Gasteiger partial charge >= 0.3 is 0 Å². The minimum atomic E-state index is -0.0838. The molecule has 2 unspecified atom stereocenters. The lowest BCUT2D eigenvalue weighted by molar-refractivity contribution is 0.0552. The van der Waals surface area contributed by atoms with Gasteiger partial charge in [0.05, 0.1) is 5.56 Å². The minimum absolute atomic E-state index is 0.0838. The van der Waals surface area contributed by atoms with E-state index in [1.807, 2.05) is 11.0 Å². The molecule has 2 atom stereocenters. The molecule has 1 aliphatic rings. The summed E-state index contributed by atoms with van der Waals surface area (Å²) in [6.07, 6.45) is 4.56. The van der Waals surface area contributed by atoms with Gasteiger partial charge in [-0.3, -0.25) is 4.79 Å². The Morgan fingerprint density at radius 2 is 2.40 bits per heavy atom. The maximum Gasteiger partial charge on any atom is 0.272 e. The van der Waals surface area contributed by atoms with Gasteiger partial charge < -0.3 is 10.6 Å². The Labute approximate surface area is 119 Å². The molecule has 0 radical (unpaired) electrons. The fourth-order valence-corrected chi connectivity index (χ4v) is 2.73. The number of pyridine rings is 1. The van der Waals surface area contributed by atoms with Crippen molar-refractivity contribution in [2.45, 2.75) is 32.2 Å². The highest BCUT2D eigenvalue weighted by atomic mass is 16.2. The molecule has 20 heavy (non-hydrogen) atoms. The standard InChI is InChI=1S/C15H20N4O/c1-2-11-5-6-19(13(7-11)9-17)15(20)14-4-3-12(8-16)10-18-14/h3-4,10-11,13H,2,5-7,9,17H2,1H3. The van der Waals surface area contributed by atoms with Crippen LogP contribution in [0.2, 0.25) is 0 Å². The van der Waals surface area contributed by atoms with Gasteiger partial charge in [0.2, 0.25) is 0 Å². The fourth-order valence-electron chi connectivity index (χ4n) is 2.73. The van der Waals surface area contributed by atoms with Crippen molar-refractivity contribution < 1.29 is 4.79 Å². The van der Waals surface area contributed by atoms with Crippen LogP contribution in [0.3, 0.4) is 0 Å². The number of nitriles is 1. The predicted octanol–water partition coefficient (Wildman–Crippen LogP) is 1.54. The van der Waals surface area contributed by atoms with E-state index in [0.29, 0.717) is 23.7 Å². The molecule has 0 saturated carbocycles. The topological polar surface area (TPSA) is 83.0 Å². The summed E-state index contributed by atoms with van der Waals surface area (Å²) in [7, 11) is 0. The van der Waals surface area contributed by atoms with Crippen LogP contribution in [-0.2, 0) is 0 Å². The van der Waals surface area contributed by atoms with Crippen molar-refractivity contribution in [3.8, 4) is 6.07 Å². The first-order chi connectivity index (χ1) is 9.69. The van der Waals surface area contributed by atoms with Gasteiger partial charge in [-0.05, 0) is 30.9 Å². The zero-order valence-electron chi connectivity index (χ0n) is 11.7. The lowest BCUT2D eigenvalue weighted by Gasteiger charge is -2.38. The first kappa shape index (κ1) is 14.5. The van der Waals surface area contributed by atoms with Crippen LogP contribution in [0.4, 0.5) is 0 Å². The number of aromatic nitrogens is 1. The Balaban J connectivity index is 2.13. The number of likely N-dealkylation sites (tertiary alicyclic amines) is 1. The molecule has 0 aromatic carbocycles. The van der Waals surface area contributed by atoms with Crippen LogP contribution in [0, 0.1) is 17.2 Å². The SMILES string of the molecule is CCC1CCN(C(=O)c2ccc(C#N)cn2)C(CN)C1. The van der Waals surface area contributed by atoms with E-state index in [9.17, 15) is 4.79 Å². The monoisotopic (exact) mass is 272 g/mol. The van der Waals surface area contributed by atoms with Crippen LogP contribution in [-0.4, -0.2) is 34.9 Å². The number of rotatable bonds is 3. The maximum atomic E-state index is 12.5. The third-order valence-corrected chi connectivity index (χ3v) is 4.05. The zero-order chi connectivity index (χ0) is 14.5. The molecule has 1 aromatic heterocycles. The van der Waals surface area contributed by atoms with Gasteiger partial charge in [0, 0.05) is 25.3 Å². The summed E-state index contributed by atoms with van der Waals surface area (Å²) in [6.45, 7) is 3.40. The van der Waals surface area contributed by atoms with Crippen LogP contribution in [0.5, 0.6) is 0 Å². The Hall–Kier alpha value is -1.93. The zero-order valence-corrected chi connectivity index (χ0v) is 11.7. The van der Waals surface area contributed by atoms with Crippen LogP contribution >= 0.6 is 0 Å². The van der Waals surface area contributed by atoms with Crippen molar-refractivity contribution >= 4 is 5.91 Å². The van der Waals surface area contributed by atoms with Crippen LogP contribution < -0.4 is 5.73 Å². The molecule has 0 aliphatic carbocycles. The Bertz CT molecular complexity index is 506. The number of carbonyl (C=O) groups is 1. The molecule has 5 heteroatoms. The summed E-state index contributed by atoms with van der Waals surface area (Å²) in [6, 6.07) is 5.33. The van der Waals surface area contributed by atoms with Crippen molar-refractivity contribution in [2.24, 2.45) is 11.7 Å². The largest absolute Gasteiger partial charge is 0.333 e. The molecule has 5 nitrogen and oxygen atoms in total. The molecule has 2 rings (SSSR count). The number of carbonyl (C=O) groups excluding carboxylic acids is 1. The number of piperidine rings is 1. The summed E-state index contributed by atoms with van der Waals surface area (Å²) in [4.78, 5) is 18.4. The van der Waals surface area contributed by atoms with Gasteiger partial charge in [0.25, 0.3) is 5.91 Å². The summed E-state index contributed by atoms with van der Waals surface area (Å²) >= 11 is 0. The van der Waals surface area contributed by atoms with Crippen molar-refractivity contribution in [3.05, 3.63) is 29.6 Å². The van der Waals surface area contributed by atoms with E-state index < -0.39 is 0 Å². The van der Waals surface area contributed by atoms with Crippen molar-refractivity contribution in [1.29, 1.82) is 5.26 Å². The Morgan fingerprint density at radius 1 is 1.60 bits per heavy atom. The quantitative estimate of drug-likeness (QED) is 0.904. The third-order valence-electron chi connectivity index (χ3n) is 4.05. The molecule has 106 valence electrons. The van der Waals surface area contributed by atoms with Crippen LogP contribution in [0.1, 0.15) is 42.2 Å². The van der Waals surface area contributed by atoms with Crippen LogP contribution in [0.15, 0.2) is 18.3 Å². The summed E-state index contributed by atoms with van der Waals surface area (Å²) < 4.78 is 0. The highest BCUT2D eigenvalue weighted by Gasteiger charge is 2.30. The van der Waals surface area contributed by atoms with Crippen molar-refractivity contribution in [1.82, 2.24) is 9.88 Å².